The Morgan fingerprint density at radius 3 is 2.47 bits per heavy atom. The Labute approximate surface area is 113 Å². The van der Waals surface area contributed by atoms with Crippen molar-refractivity contribution in [2.75, 3.05) is 33.4 Å². The predicted octanol–water partition coefficient (Wildman–Crippen LogP) is 0.394. The quantitative estimate of drug-likeness (QED) is 0.516. The van der Waals surface area contributed by atoms with Crippen LogP contribution in [0.4, 0.5) is 0 Å². The number of Topliss-reactive ketones (excluding diaryl/α,β-unsaturated/α-hetero) is 1. The standard InChI is InChI=1S/C13H21NO5/c1-4-13(5-2,12(17)18-3)10(15)8-14-6-7-19-9-11(14)16/h4-9H2,1-3H3. The van der Waals surface area contributed by atoms with Gasteiger partial charge in [-0.3, -0.25) is 14.4 Å². The van der Waals surface area contributed by atoms with Crippen LogP contribution in [0.5, 0.6) is 0 Å². The molecular weight excluding hydrogens is 250 g/mol. The Morgan fingerprint density at radius 1 is 1.37 bits per heavy atom. The summed E-state index contributed by atoms with van der Waals surface area (Å²) >= 11 is 0. The first-order chi connectivity index (χ1) is 9.01. The van der Waals surface area contributed by atoms with E-state index in [-0.39, 0.29) is 24.8 Å². The molecule has 19 heavy (non-hydrogen) atoms. The molecule has 6 nitrogen and oxygen atoms in total. The summed E-state index contributed by atoms with van der Waals surface area (Å²) in [7, 11) is 1.27. The van der Waals surface area contributed by atoms with E-state index in [1.165, 1.54) is 12.0 Å². The molecule has 1 heterocycles. The van der Waals surface area contributed by atoms with Crippen molar-refractivity contribution < 1.29 is 23.9 Å². The van der Waals surface area contributed by atoms with Crippen LogP contribution in [0.25, 0.3) is 0 Å². The van der Waals surface area contributed by atoms with Crippen LogP contribution in [-0.2, 0) is 23.9 Å². The van der Waals surface area contributed by atoms with Gasteiger partial charge in [-0.25, -0.2) is 0 Å². The molecule has 1 aliphatic heterocycles. The summed E-state index contributed by atoms with van der Waals surface area (Å²) in [5, 5.41) is 0. The molecule has 0 aromatic rings. The number of nitrogens with zero attached hydrogens (tertiary/aromatic N) is 1. The van der Waals surface area contributed by atoms with Crippen LogP contribution in [-0.4, -0.2) is 56.0 Å². The molecule has 0 radical (unpaired) electrons. The normalized spacial score (nSPS) is 16.4. The molecule has 0 atom stereocenters. The maximum absolute atomic E-state index is 12.4. The highest BCUT2D eigenvalue weighted by molar-refractivity contribution is 6.05. The van der Waals surface area contributed by atoms with Gasteiger partial charge >= 0.3 is 5.97 Å². The lowest BCUT2D eigenvalue weighted by Gasteiger charge is -2.32. The number of amides is 1. The van der Waals surface area contributed by atoms with Crippen LogP contribution in [0, 0.1) is 5.41 Å². The van der Waals surface area contributed by atoms with Gasteiger partial charge in [-0.2, -0.15) is 0 Å². The van der Waals surface area contributed by atoms with Crippen LogP contribution >= 0.6 is 0 Å². The summed E-state index contributed by atoms with van der Waals surface area (Å²) in [5.74, 6) is -1.01. The van der Waals surface area contributed by atoms with Gasteiger partial charge in [0.15, 0.2) is 5.78 Å². The molecule has 1 saturated heterocycles. The van der Waals surface area contributed by atoms with Crippen molar-refractivity contribution in [3.8, 4) is 0 Å². The van der Waals surface area contributed by atoms with E-state index in [0.29, 0.717) is 26.0 Å². The minimum Gasteiger partial charge on any atom is -0.468 e. The van der Waals surface area contributed by atoms with Crippen molar-refractivity contribution in [3.05, 3.63) is 0 Å². The Kier molecular flexibility index (Phi) is 5.47. The average Bonchev–Trinajstić information content (AvgIpc) is 2.43. The van der Waals surface area contributed by atoms with E-state index >= 15 is 0 Å². The fraction of sp³-hybridized carbons (Fsp3) is 0.769. The molecule has 1 fully saturated rings. The summed E-state index contributed by atoms with van der Waals surface area (Å²) in [6, 6.07) is 0. The molecule has 0 spiro atoms. The first-order valence-electron chi connectivity index (χ1n) is 6.49. The molecule has 0 unspecified atom stereocenters. The minimum atomic E-state index is -1.15. The van der Waals surface area contributed by atoms with E-state index in [1.54, 1.807) is 13.8 Å². The first kappa shape index (κ1) is 15.6. The van der Waals surface area contributed by atoms with Gasteiger partial charge in [-0.05, 0) is 12.8 Å². The van der Waals surface area contributed by atoms with Crippen LogP contribution in [0.1, 0.15) is 26.7 Å². The number of ketones is 1. The van der Waals surface area contributed by atoms with Gasteiger partial charge in [0.1, 0.15) is 12.0 Å². The van der Waals surface area contributed by atoms with Crippen LogP contribution in [0.3, 0.4) is 0 Å². The van der Waals surface area contributed by atoms with Gasteiger partial charge < -0.3 is 14.4 Å². The lowest BCUT2D eigenvalue weighted by atomic mass is 9.78. The van der Waals surface area contributed by atoms with Crippen molar-refractivity contribution >= 4 is 17.7 Å². The zero-order valence-electron chi connectivity index (χ0n) is 11.7. The van der Waals surface area contributed by atoms with Gasteiger partial charge in [0.25, 0.3) is 0 Å². The number of hydrogen-bond donors (Lipinski definition) is 0. The van der Waals surface area contributed by atoms with E-state index in [2.05, 4.69) is 0 Å². The lowest BCUT2D eigenvalue weighted by Crippen LogP contribution is -2.50. The number of hydrogen-bond acceptors (Lipinski definition) is 5. The SMILES string of the molecule is CCC(CC)(C(=O)CN1CCOCC1=O)C(=O)OC. The van der Waals surface area contributed by atoms with Crippen molar-refractivity contribution in [2.45, 2.75) is 26.7 Å². The van der Waals surface area contributed by atoms with Crippen molar-refractivity contribution in [1.29, 1.82) is 0 Å². The minimum absolute atomic E-state index is 0.00322. The fourth-order valence-corrected chi connectivity index (χ4v) is 2.28. The molecule has 6 heteroatoms. The summed E-state index contributed by atoms with van der Waals surface area (Å²) in [6.45, 7) is 4.30. The number of ether oxygens (including phenoxy) is 2. The second-order valence-corrected chi connectivity index (χ2v) is 4.57. The lowest BCUT2D eigenvalue weighted by molar-refractivity contribution is -0.161. The molecule has 0 N–H and O–H groups in total. The predicted molar refractivity (Wildman–Crippen MR) is 67.4 cm³/mol. The van der Waals surface area contributed by atoms with E-state index in [0.717, 1.165) is 0 Å². The molecule has 0 aromatic carbocycles. The third-order valence-corrected chi connectivity index (χ3v) is 3.74. The highest BCUT2D eigenvalue weighted by Crippen LogP contribution is 2.29. The molecule has 108 valence electrons. The average molecular weight is 271 g/mol. The maximum Gasteiger partial charge on any atom is 0.319 e. The Morgan fingerprint density at radius 2 is 2.00 bits per heavy atom. The van der Waals surface area contributed by atoms with Crippen molar-refractivity contribution in [3.63, 3.8) is 0 Å². The molecule has 0 aromatic heterocycles. The molecule has 1 amide bonds. The topological polar surface area (TPSA) is 72.9 Å². The van der Waals surface area contributed by atoms with Crippen molar-refractivity contribution in [1.82, 2.24) is 4.90 Å². The summed E-state index contributed by atoms with van der Waals surface area (Å²) < 4.78 is 9.75. The van der Waals surface area contributed by atoms with E-state index in [4.69, 9.17) is 9.47 Å². The summed E-state index contributed by atoms with van der Waals surface area (Å²) in [5.41, 5.74) is -1.15. The zero-order chi connectivity index (χ0) is 14.5. The van der Waals surface area contributed by atoms with Crippen LogP contribution in [0.15, 0.2) is 0 Å². The molecule has 0 aliphatic carbocycles. The van der Waals surface area contributed by atoms with Gasteiger partial charge in [-0.1, -0.05) is 13.8 Å². The number of rotatable bonds is 6. The van der Waals surface area contributed by atoms with Gasteiger partial charge in [0.2, 0.25) is 5.91 Å². The van der Waals surface area contributed by atoms with Gasteiger partial charge in [0, 0.05) is 6.54 Å². The fourth-order valence-electron chi connectivity index (χ4n) is 2.28. The van der Waals surface area contributed by atoms with E-state index < -0.39 is 11.4 Å². The zero-order valence-corrected chi connectivity index (χ0v) is 11.7. The van der Waals surface area contributed by atoms with Crippen LogP contribution < -0.4 is 0 Å². The monoisotopic (exact) mass is 271 g/mol. The number of methoxy groups -OCH3 is 1. The second-order valence-electron chi connectivity index (χ2n) is 4.57. The third-order valence-electron chi connectivity index (χ3n) is 3.74. The highest BCUT2D eigenvalue weighted by atomic mass is 16.5. The Balaban J connectivity index is 2.82. The first-order valence-corrected chi connectivity index (χ1v) is 6.49. The highest BCUT2D eigenvalue weighted by Gasteiger charge is 2.44. The molecule has 1 aliphatic rings. The smallest absolute Gasteiger partial charge is 0.319 e. The van der Waals surface area contributed by atoms with Crippen LogP contribution in [0.2, 0.25) is 0 Å². The molecule has 1 rings (SSSR count). The largest absolute Gasteiger partial charge is 0.468 e. The Hall–Kier alpha value is -1.43. The Bertz CT molecular complexity index is 362. The third kappa shape index (κ3) is 3.12. The number of esters is 1. The van der Waals surface area contributed by atoms with E-state index in [1.807, 2.05) is 0 Å². The summed E-state index contributed by atoms with van der Waals surface area (Å²) in [6.07, 6.45) is 0.737. The number of morpholine rings is 1. The summed E-state index contributed by atoms with van der Waals surface area (Å²) in [4.78, 5) is 37.3. The maximum atomic E-state index is 12.4. The molecule has 0 saturated carbocycles. The van der Waals surface area contributed by atoms with E-state index in [9.17, 15) is 14.4 Å². The number of carbonyl (C=O) groups is 3. The number of carbonyl (C=O) groups excluding carboxylic acids is 3. The van der Waals surface area contributed by atoms with Crippen molar-refractivity contribution in [2.24, 2.45) is 5.41 Å². The van der Waals surface area contributed by atoms with Gasteiger partial charge in [-0.15, -0.1) is 0 Å². The molecular formula is C13H21NO5. The molecule has 0 bridgehead atoms. The second kappa shape index (κ2) is 6.65. The van der Waals surface area contributed by atoms with Gasteiger partial charge in [0.05, 0.1) is 20.3 Å².